The molecule has 80 valence electrons. The number of nitriles is 1. The monoisotopic (exact) mass is 219 g/mol. The number of hydrogen-bond acceptors (Lipinski definition) is 4. The van der Waals surface area contributed by atoms with Gasteiger partial charge in [-0.3, -0.25) is 4.79 Å². The predicted octanol–water partition coefficient (Wildman–Crippen LogP) is -1.04. The van der Waals surface area contributed by atoms with Gasteiger partial charge in [0.25, 0.3) is 0 Å². The van der Waals surface area contributed by atoms with Gasteiger partial charge in [0.15, 0.2) is 5.75 Å². The summed E-state index contributed by atoms with van der Waals surface area (Å²) in [5.41, 5.74) is 0. The molecular formula is C7H13N3O3S. The number of amides is 1. The van der Waals surface area contributed by atoms with Crippen molar-refractivity contribution in [3.63, 3.8) is 0 Å². The molecule has 0 heterocycles. The predicted molar refractivity (Wildman–Crippen MR) is 50.7 cm³/mol. The normalized spacial score (nSPS) is 10.6. The highest BCUT2D eigenvalue weighted by atomic mass is 32.2. The lowest BCUT2D eigenvalue weighted by Crippen LogP contribution is -2.37. The molecule has 2 N–H and O–H groups in total. The van der Waals surface area contributed by atoms with E-state index in [4.69, 9.17) is 5.26 Å². The lowest BCUT2D eigenvalue weighted by Gasteiger charge is -2.04. The van der Waals surface area contributed by atoms with Crippen molar-refractivity contribution in [2.75, 3.05) is 18.8 Å². The van der Waals surface area contributed by atoms with E-state index in [1.165, 1.54) is 6.07 Å². The fourth-order valence-electron chi connectivity index (χ4n) is 0.638. The second-order valence-electron chi connectivity index (χ2n) is 2.59. The van der Waals surface area contributed by atoms with Crippen molar-refractivity contribution in [2.45, 2.75) is 13.3 Å². The minimum Gasteiger partial charge on any atom is -0.355 e. The van der Waals surface area contributed by atoms with Gasteiger partial charge >= 0.3 is 0 Å². The molecule has 7 heteroatoms. The molecule has 0 spiro atoms. The first-order valence-electron chi connectivity index (χ1n) is 4.13. The molecule has 0 rings (SSSR count). The summed E-state index contributed by atoms with van der Waals surface area (Å²) in [4.78, 5) is 10.9. The van der Waals surface area contributed by atoms with Gasteiger partial charge in [-0.1, -0.05) is 6.92 Å². The van der Waals surface area contributed by atoms with Crippen LogP contribution in [0.3, 0.4) is 0 Å². The van der Waals surface area contributed by atoms with Crippen LogP contribution in [-0.2, 0) is 14.8 Å². The van der Waals surface area contributed by atoms with E-state index in [1.54, 1.807) is 0 Å². The topological polar surface area (TPSA) is 99.1 Å². The van der Waals surface area contributed by atoms with E-state index in [2.05, 4.69) is 5.32 Å². The van der Waals surface area contributed by atoms with Crippen LogP contribution in [0.2, 0.25) is 0 Å². The van der Waals surface area contributed by atoms with Crippen molar-refractivity contribution in [1.29, 1.82) is 5.26 Å². The van der Waals surface area contributed by atoms with Gasteiger partial charge in [-0.05, 0) is 6.42 Å². The molecule has 0 fully saturated rings. The Morgan fingerprint density at radius 2 is 2.14 bits per heavy atom. The lowest BCUT2D eigenvalue weighted by molar-refractivity contribution is -0.119. The van der Waals surface area contributed by atoms with Gasteiger partial charge < -0.3 is 5.32 Å². The second kappa shape index (κ2) is 6.34. The molecule has 0 unspecified atom stereocenters. The number of carbonyl (C=O) groups excluding carboxylic acids is 1. The quantitative estimate of drug-likeness (QED) is 0.595. The van der Waals surface area contributed by atoms with E-state index < -0.39 is 21.7 Å². The van der Waals surface area contributed by atoms with Crippen LogP contribution >= 0.6 is 0 Å². The van der Waals surface area contributed by atoms with Crippen molar-refractivity contribution >= 4 is 15.9 Å². The highest BCUT2D eigenvalue weighted by molar-refractivity contribution is 7.89. The molecule has 0 aliphatic heterocycles. The molecule has 0 aliphatic carbocycles. The number of sulfonamides is 1. The molecule has 0 aromatic carbocycles. The number of hydrogen-bond donors (Lipinski definition) is 2. The first kappa shape index (κ1) is 12.9. The average Bonchev–Trinajstić information content (AvgIpc) is 2.11. The molecule has 0 atom stereocenters. The molecule has 1 amide bonds. The van der Waals surface area contributed by atoms with Gasteiger partial charge in [-0.15, -0.1) is 0 Å². The van der Waals surface area contributed by atoms with E-state index in [9.17, 15) is 13.2 Å². The third kappa shape index (κ3) is 6.39. The zero-order chi connectivity index (χ0) is 11.0. The maximum Gasteiger partial charge on any atom is 0.235 e. The molecule has 0 radical (unpaired) electrons. The third-order valence-electron chi connectivity index (χ3n) is 1.28. The summed E-state index contributed by atoms with van der Waals surface area (Å²) < 4.78 is 23.8. The minimum atomic E-state index is -3.62. The average molecular weight is 219 g/mol. The molecule has 0 saturated carbocycles. The molecule has 0 aliphatic rings. The Morgan fingerprint density at radius 1 is 1.50 bits per heavy atom. The highest BCUT2D eigenvalue weighted by Gasteiger charge is 2.10. The molecule has 0 aromatic heterocycles. The fraction of sp³-hybridized carbons (Fsp3) is 0.714. The van der Waals surface area contributed by atoms with Crippen LogP contribution in [0.15, 0.2) is 0 Å². The van der Waals surface area contributed by atoms with Crippen molar-refractivity contribution in [3.8, 4) is 6.07 Å². The third-order valence-corrected chi connectivity index (χ3v) is 2.37. The Balaban J connectivity index is 3.83. The van der Waals surface area contributed by atoms with Gasteiger partial charge in [0.1, 0.15) is 0 Å². The van der Waals surface area contributed by atoms with Crippen molar-refractivity contribution < 1.29 is 13.2 Å². The Labute approximate surface area is 83.3 Å². The number of carbonyl (C=O) groups is 1. The Kier molecular flexibility index (Phi) is 5.83. The van der Waals surface area contributed by atoms with E-state index in [0.29, 0.717) is 6.54 Å². The van der Waals surface area contributed by atoms with E-state index in [0.717, 1.165) is 6.42 Å². The van der Waals surface area contributed by atoms with Crippen LogP contribution in [0.4, 0.5) is 0 Å². The Bertz CT molecular complexity index is 318. The lowest BCUT2D eigenvalue weighted by atomic mass is 10.5. The molecule has 0 aromatic rings. The summed E-state index contributed by atoms with van der Waals surface area (Å²) in [7, 11) is -3.62. The first-order valence-corrected chi connectivity index (χ1v) is 5.78. The summed E-state index contributed by atoms with van der Waals surface area (Å²) >= 11 is 0. The smallest absolute Gasteiger partial charge is 0.235 e. The largest absolute Gasteiger partial charge is 0.355 e. The summed E-state index contributed by atoms with van der Waals surface area (Å²) in [6.45, 7) is 2.09. The maximum absolute atomic E-state index is 10.9. The standard InChI is InChI=1S/C7H13N3O3S/c1-2-4-9-7(11)6-10-14(12,13)5-3-8/h10H,2,4-6H2,1H3,(H,9,11). The van der Waals surface area contributed by atoms with Gasteiger partial charge in [0, 0.05) is 6.54 Å². The number of rotatable bonds is 6. The van der Waals surface area contributed by atoms with Crippen LogP contribution in [0.1, 0.15) is 13.3 Å². The SMILES string of the molecule is CCCNC(=O)CNS(=O)(=O)CC#N. The fourth-order valence-corrected chi connectivity index (χ4v) is 1.26. The van der Waals surface area contributed by atoms with Crippen molar-refractivity contribution in [1.82, 2.24) is 10.0 Å². The molecule has 14 heavy (non-hydrogen) atoms. The first-order chi connectivity index (χ1) is 6.52. The molecule has 6 nitrogen and oxygen atoms in total. The van der Waals surface area contributed by atoms with Gasteiger partial charge in [-0.2, -0.15) is 5.26 Å². The van der Waals surface area contributed by atoms with E-state index in [1.807, 2.05) is 11.6 Å². The van der Waals surface area contributed by atoms with Crippen LogP contribution in [0.25, 0.3) is 0 Å². The molecule has 0 bridgehead atoms. The van der Waals surface area contributed by atoms with Gasteiger partial charge in [-0.25, -0.2) is 13.1 Å². The molecular weight excluding hydrogens is 206 g/mol. The minimum absolute atomic E-state index is 0.315. The molecule has 0 saturated heterocycles. The van der Waals surface area contributed by atoms with Crippen molar-refractivity contribution in [2.24, 2.45) is 0 Å². The van der Waals surface area contributed by atoms with Crippen LogP contribution < -0.4 is 10.0 Å². The van der Waals surface area contributed by atoms with Crippen molar-refractivity contribution in [3.05, 3.63) is 0 Å². The van der Waals surface area contributed by atoms with Crippen LogP contribution in [-0.4, -0.2) is 33.2 Å². The van der Waals surface area contributed by atoms with Crippen LogP contribution in [0, 0.1) is 11.3 Å². The zero-order valence-corrected chi connectivity index (χ0v) is 8.73. The Morgan fingerprint density at radius 3 is 2.64 bits per heavy atom. The highest BCUT2D eigenvalue weighted by Crippen LogP contribution is 1.81. The van der Waals surface area contributed by atoms with Gasteiger partial charge in [0.05, 0.1) is 12.6 Å². The number of nitrogens with zero attached hydrogens (tertiary/aromatic N) is 1. The van der Waals surface area contributed by atoms with E-state index in [-0.39, 0.29) is 6.54 Å². The summed E-state index contributed by atoms with van der Waals surface area (Å²) in [6.07, 6.45) is 0.788. The summed E-state index contributed by atoms with van der Waals surface area (Å²) in [6, 6.07) is 1.49. The number of nitrogens with one attached hydrogen (secondary N) is 2. The van der Waals surface area contributed by atoms with Crippen LogP contribution in [0.5, 0.6) is 0 Å². The Hall–Kier alpha value is -1.13. The van der Waals surface area contributed by atoms with Gasteiger partial charge in [0.2, 0.25) is 15.9 Å². The maximum atomic E-state index is 10.9. The summed E-state index contributed by atoms with van der Waals surface area (Å²) in [5, 5.41) is 10.6. The second-order valence-corrected chi connectivity index (χ2v) is 4.40. The summed E-state index contributed by atoms with van der Waals surface area (Å²) in [5.74, 6) is -1.03. The zero-order valence-electron chi connectivity index (χ0n) is 7.91. The van der Waals surface area contributed by atoms with E-state index >= 15 is 0 Å².